The molecule has 1 aliphatic rings. The molecule has 1 aliphatic heterocycles. The third kappa shape index (κ3) is 5.51. The number of halogens is 2. The van der Waals surface area contributed by atoms with Gasteiger partial charge in [-0.2, -0.15) is 0 Å². The molecule has 4 rings (SSSR count). The van der Waals surface area contributed by atoms with Crippen molar-refractivity contribution in [2.75, 3.05) is 11.9 Å². The second-order valence-corrected chi connectivity index (χ2v) is 8.54. The first-order valence-corrected chi connectivity index (χ1v) is 11.4. The van der Waals surface area contributed by atoms with Crippen LogP contribution in [-0.4, -0.2) is 36.9 Å². The quantitative estimate of drug-likeness (QED) is 0.552. The molecule has 3 atom stereocenters. The van der Waals surface area contributed by atoms with Crippen LogP contribution in [0.2, 0.25) is 0 Å². The van der Waals surface area contributed by atoms with Crippen molar-refractivity contribution in [1.82, 2.24) is 10.6 Å². The summed E-state index contributed by atoms with van der Waals surface area (Å²) in [5, 5.41) is 5.23. The zero-order valence-electron chi connectivity index (χ0n) is 19.7. The van der Waals surface area contributed by atoms with Gasteiger partial charge in [0.1, 0.15) is 29.5 Å². The number of para-hydroxylation sites is 2. The predicted molar refractivity (Wildman–Crippen MR) is 129 cm³/mol. The molecule has 1 heterocycles. The fraction of sp³-hybridized carbons (Fsp3) is 0.222. The summed E-state index contributed by atoms with van der Waals surface area (Å²) in [6.07, 6.45) is -1.14. The van der Waals surface area contributed by atoms with Gasteiger partial charge >= 0.3 is 0 Å². The van der Waals surface area contributed by atoms with Crippen molar-refractivity contribution in [1.29, 1.82) is 0 Å². The van der Waals surface area contributed by atoms with E-state index in [4.69, 9.17) is 4.74 Å². The van der Waals surface area contributed by atoms with E-state index in [1.807, 2.05) is 6.07 Å². The number of nitrogens with one attached hydrogen (secondary N) is 2. The van der Waals surface area contributed by atoms with Gasteiger partial charge in [-0.15, -0.1) is 0 Å². The Bertz CT molecular complexity index is 1260. The number of carbonyl (C=O) groups excluding carboxylic acids is 3. The standard InChI is InChI=1S/C27H25F2N3O4/c1-16(30-23(33)14-17-12-19(28)15-20(29)13-17)26(34)31-24-25(18-8-4-3-5-9-18)36-22-11-7-6-10-21(22)32(2)27(24)35/h3-13,15-16,24-25H,14H2,1-2H3,(H,30,33)(H,31,34)/t16-,24-,25+/m0/s1. The summed E-state index contributed by atoms with van der Waals surface area (Å²) in [6.45, 7) is 1.46. The summed E-state index contributed by atoms with van der Waals surface area (Å²) in [6, 6.07) is 16.8. The van der Waals surface area contributed by atoms with Gasteiger partial charge < -0.3 is 20.3 Å². The molecular formula is C27H25F2N3O4. The van der Waals surface area contributed by atoms with E-state index in [1.54, 1.807) is 55.6 Å². The van der Waals surface area contributed by atoms with Crippen molar-refractivity contribution in [2.24, 2.45) is 0 Å². The number of nitrogens with zero attached hydrogens (tertiary/aromatic N) is 1. The number of fused-ring (bicyclic) bond motifs is 1. The lowest BCUT2D eigenvalue weighted by molar-refractivity contribution is -0.132. The molecule has 0 spiro atoms. The maximum absolute atomic E-state index is 13.4. The molecule has 186 valence electrons. The molecule has 9 heteroatoms. The predicted octanol–water partition coefficient (Wildman–Crippen LogP) is 3.29. The van der Waals surface area contributed by atoms with Gasteiger partial charge in [-0.3, -0.25) is 14.4 Å². The Morgan fingerprint density at radius 3 is 2.33 bits per heavy atom. The van der Waals surface area contributed by atoms with E-state index in [9.17, 15) is 23.2 Å². The molecular weight excluding hydrogens is 468 g/mol. The van der Waals surface area contributed by atoms with Gasteiger partial charge in [-0.1, -0.05) is 42.5 Å². The van der Waals surface area contributed by atoms with Crippen LogP contribution in [0.5, 0.6) is 5.75 Å². The highest BCUT2D eigenvalue weighted by molar-refractivity contribution is 6.01. The first-order valence-electron chi connectivity index (χ1n) is 11.4. The highest BCUT2D eigenvalue weighted by Gasteiger charge is 2.39. The van der Waals surface area contributed by atoms with Crippen molar-refractivity contribution in [2.45, 2.75) is 31.5 Å². The first-order chi connectivity index (χ1) is 17.2. The van der Waals surface area contributed by atoms with E-state index in [2.05, 4.69) is 10.6 Å². The minimum Gasteiger partial charge on any atom is -0.481 e. The Labute approximate surface area is 207 Å². The minimum absolute atomic E-state index is 0.133. The molecule has 0 aliphatic carbocycles. The van der Waals surface area contributed by atoms with E-state index in [0.29, 0.717) is 23.1 Å². The lowest BCUT2D eigenvalue weighted by Crippen LogP contribution is -2.55. The molecule has 3 amide bonds. The zero-order valence-corrected chi connectivity index (χ0v) is 19.7. The van der Waals surface area contributed by atoms with Gasteiger partial charge in [0.2, 0.25) is 11.8 Å². The lowest BCUT2D eigenvalue weighted by atomic mass is 10.0. The zero-order chi connectivity index (χ0) is 25.8. The first kappa shape index (κ1) is 24.8. The molecule has 0 bridgehead atoms. The summed E-state index contributed by atoms with van der Waals surface area (Å²) < 4.78 is 33.1. The Kier molecular flexibility index (Phi) is 7.28. The third-order valence-electron chi connectivity index (χ3n) is 5.86. The van der Waals surface area contributed by atoms with Crippen molar-refractivity contribution in [3.8, 4) is 5.75 Å². The number of carbonyl (C=O) groups is 3. The molecule has 0 unspecified atom stereocenters. The fourth-order valence-corrected chi connectivity index (χ4v) is 4.07. The summed E-state index contributed by atoms with van der Waals surface area (Å²) in [5.41, 5.74) is 1.38. The maximum Gasteiger partial charge on any atom is 0.253 e. The molecule has 36 heavy (non-hydrogen) atoms. The molecule has 0 radical (unpaired) electrons. The largest absolute Gasteiger partial charge is 0.481 e. The number of amides is 3. The van der Waals surface area contributed by atoms with E-state index in [0.717, 1.165) is 12.1 Å². The molecule has 0 saturated heterocycles. The molecule has 0 fully saturated rings. The highest BCUT2D eigenvalue weighted by Crippen LogP contribution is 2.37. The molecule has 2 N–H and O–H groups in total. The fourth-order valence-electron chi connectivity index (χ4n) is 4.07. The van der Waals surface area contributed by atoms with Crippen LogP contribution in [0.25, 0.3) is 0 Å². The van der Waals surface area contributed by atoms with E-state index < -0.39 is 47.5 Å². The summed E-state index contributed by atoms with van der Waals surface area (Å²) >= 11 is 0. The SMILES string of the molecule is C[C@H](NC(=O)Cc1cc(F)cc(F)c1)C(=O)N[C@@H]1C(=O)N(C)c2ccccc2O[C@@H]1c1ccccc1. The molecule has 0 aromatic heterocycles. The normalized spacial score (nSPS) is 17.9. The van der Waals surface area contributed by atoms with Crippen molar-refractivity contribution < 1.29 is 27.9 Å². The third-order valence-corrected chi connectivity index (χ3v) is 5.86. The number of ether oxygens (including phenoxy) is 1. The van der Waals surface area contributed by atoms with Crippen molar-refractivity contribution in [3.05, 3.63) is 95.6 Å². The smallest absolute Gasteiger partial charge is 0.253 e. The van der Waals surface area contributed by atoms with Crippen LogP contribution in [0.3, 0.4) is 0 Å². The molecule has 0 saturated carbocycles. The topological polar surface area (TPSA) is 87.7 Å². The number of benzene rings is 3. The number of rotatable bonds is 6. The molecule has 7 nitrogen and oxygen atoms in total. The Morgan fingerprint density at radius 2 is 1.64 bits per heavy atom. The Morgan fingerprint density at radius 1 is 1.00 bits per heavy atom. The van der Waals surface area contributed by atoms with E-state index in [-0.39, 0.29) is 12.0 Å². The maximum atomic E-state index is 13.4. The highest BCUT2D eigenvalue weighted by atomic mass is 19.1. The van der Waals surface area contributed by atoms with Crippen LogP contribution < -0.4 is 20.3 Å². The van der Waals surface area contributed by atoms with Gasteiger partial charge in [0, 0.05) is 13.1 Å². The van der Waals surface area contributed by atoms with Crippen LogP contribution in [0.4, 0.5) is 14.5 Å². The van der Waals surface area contributed by atoms with Crippen LogP contribution in [0.1, 0.15) is 24.2 Å². The van der Waals surface area contributed by atoms with Crippen molar-refractivity contribution >= 4 is 23.4 Å². The van der Waals surface area contributed by atoms with Gasteiger partial charge in [0.05, 0.1) is 12.1 Å². The van der Waals surface area contributed by atoms with Gasteiger partial charge in [0.15, 0.2) is 6.10 Å². The summed E-state index contributed by atoms with van der Waals surface area (Å²) in [5.74, 6) is -2.72. The van der Waals surface area contributed by atoms with Gasteiger partial charge in [-0.25, -0.2) is 8.78 Å². The van der Waals surface area contributed by atoms with Gasteiger partial charge in [0.25, 0.3) is 5.91 Å². The summed E-state index contributed by atoms with van der Waals surface area (Å²) in [4.78, 5) is 40.3. The van der Waals surface area contributed by atoms with Crippen LogP contribution >= 0.6 is 0 Å². The van der Waals surface area contributed by atoms with Crippen molar-refractivity contribution in [3.63, 3.8) is 0 Å². The molecule has 3 aromatic carbocycles. The monoisotopic (exact) mass is 493 g/mol. The number of hydrogen-bond acceptors (Lipinski definition) is 4. The van der Waals surface area contributed by atoms with E-state index in [1.165, 1.54) is 11.8 Å². The van der Waals surface area contributed by atoms with Crippen LogP contribution in [-0.2, 0) is 20.8 Å². The second-order valence-electron chi connectivity index (χ2n) is 8.54. The number of anilines is 1. The van der Waals surface area contributed by atoms with Crippen LogP contribution in [0, 0.1) is 11.6 Å². The average molecular weight is 494 g/mol. The Hall–Kier alpha value is -4.27. The van der Waals surface area contributed by atoms with E-state index >= 15 is 0 Å². The number of hydrogen-bond donors (Lipinski definition) is 2. The Balaban J connectivity index is 1.52. The molecule has 3 aromatic rings. The lowest BCUT2D eigenvalue weighted by Gasteiger charge is -2.28. The number of likely N-dealkylation sites (N-methyl/N-ethyl adjacent to an activating group) is 1. The van der Waals surface area contributed by atoms with Gasteiger partial charge in [-0.05, 0) is 42.3 Å². The second kappa shape index (κ2) is 10.6. The minimum atomic E-state index is -1.09. The summed E-state index contributed by atoms with van der Waals surface area (Å²) in [7, 11) is 1.60. The van der Waals surface area contributed by atoms with Crippen LogP contribution in [0.15, 0.2) is 72.8 Å². The average Bonchev–Trinajstić information content (AvgIpc) is 2.94.